The van der Waals surface area contributed by atoms with Crippen molar-refractivity contribution in [2.75, 3.05) is 24.5 Å². The summed E-state index contributed by atoms with van der Waals surface area (Å²) in [6.45, 7) is 3.42. The van der Waals surface area contributed by atoms with Crippen LogP contribution in [-0.2, 0) is 9.84 Å². The van der Waals surface area contributed by atoms with Gasteiger partial charge in [-0.1, -0.05) is 12.1 Å². The minimum Gasteiger partial charge on any atom is -0.368 e. The summed E-state index contributed by atoms with van der Waals surface area (Å²) in [5.41, 5.74) is -5.18. The quantitative estimate of drug-likeness (QED) is 0.905. The highest BCUT2D eigenvalue weighted by Gasteiger charge is 2.48. The zero-order valence-electron chi connectivity index (χ0n) is 10.8. The van der Waals surface area contributed by atoms with Crippen molar-refractivity contribution in [2.24, 2.45) is 0 Å². The van der Waals surface area contributed by atoms with Crippen molar-refractivity contribution in [2.45, 2.75) is 23.4 Å². The molecule has 0 spiro atoms. The van der Waals surface area contributed by atoms with E-state index in [-0.39, 0.29) is 11.7 Å². The van der Waals surface area contributed by atoms with E-state index in [0.29, 0.717) is 19.6 Å². The molecule has 0 amide bonds. The summed E-state index contributed by atoms with van der Waals surface area (Å²) in [6.07, 6.45) is 0. The minimum atomic E-state index is -5.34. The minimum absolute atomic E-state index is 0.0883. The number of alkyl halides is 3. The van der Waals surface area contributed by atoms with Crippen LogP contribution in [0.5, 0.6) is 0 Å². The van der Waals surface area contributed by atoms with Crippen LogP contribution >= 0.6 is 0 Å². The zero-order valence-corrected chi connectivity index (χ0v) is 11.6. The lowest BCUT2D eigenvalue weighted by Crippen LogP contribution is -2.49. The van der Waals surface area contributed by atoms with E-state index in [0.717, 1.165) is 6.07 Å². The summed E-state index contributed by atoms with van der Waals surface area (Å²) in [6, 6.07) is 5.34. The third-order valence-electron chi connectivity index (χ3n) is 3.17. The van der Waals surface area contributed by atoms with Gasteiger partial charge in [-0.3, -0.25) is 0 Å². The first-order valence-corrected chi connectivity index (χ1v) is 7.60. The van der Waals surface area contributed by atoms with Crippen LogP contribution in [0.2, 0.25) is 0 Å². The Morgan fingerprint density at radius 3 is 2.55 bits per heavy atom. The SMILES string of the molecule is CC1CN(c2ccccc2S(=O)(=O)C(F)(F)F)CCN1. The number of hydrogen-bond donors (Lipinski definition) is 1. The molecule has 112 valence electrons. The third-order valence-corrected chi connectivity index (χ3v) is 4.70. The number of benzene rings is 1. The van der Waals surface area contributed by atoms with E-state index in [4.69, 9.17) is 0 Å². The summed E-state index contributed by atoms with van der Waals surface area (Å²) in [5, 5.41) is 3.16. The topological polar surface area (TPSA) is 49.4 Å². The van der Waals surface area contributed by atoms with E-state index in [1.165, 1.54) is 18.2 Å². The molecule has 20 heavy (non-hydrogen) atoms. The first-order chi connectivity index (χ1) is 9.23. The van der Waals surface area contributed by atoms with E-state index in [1.54, 1.807) is 4.90 Å². The Bertz CT molecular complexity index is 587. The van der Waals surface area contributed by atoms with Crippen LogP contribution in [0.3, 0.4) is 0 Å². The molecule has 1 atom stereocenters. The fourth-order valence-electron chi connectivity index (χ4n) is 2.22. The average molecular weight is 308 g/mol. The molecule has 8 heteroatoms. The van der Waals surface area contributed by atoms with Gasteiger partial charge in [0.25, 0.3) is 9.84 Å². The number of sulfone groups is 1. The lowest BCUT2D eigenvalue weighted by Gasteiger charge is -2.34. The Balaban J connectivity index is 2.46. The first-order valence-electron chi connectivity index (χ1n) is 6.12. The standard InChI is InChI=1S/C12H15F3N2O2S/c1-9-8-17(7-6-16-9)10-4-2-3-5-11(10)20(18,19)12(13,14)15/h2-5,9,16H,6-8H2,1H3. The number of nitrogens with one attached hydrogen (secondary N) is 1. The van der Waals surface area contributed by atoms with Crippen molar-refractivity contribution in [3.8, 4) is 0 Å². The Labute approximate surface area is 115 Å². The van der Waals surface area contributed by atoms with Gasteiger partial charge in [0, 0.05) is 25.7 Å². The van der Waals surface area contributed by atoms with Crippen LogP contribution in [-0.4, -0.2) is 39.6 Å². The van der Waals surface area contributed by atoms with Gasteiger partial charge in [-0.25, -0.2) is 8.42 Å². The van der Waals surface area contributed by atoms with Crippen LogP contribution < -0.4 is 10.2 Å². The molecule has 1 aromatic rings. The summed E-state index contributed by atoms with van der Waals surface area (Å²) >= 11 is 0. The Hall–Kier alpha value is -1.28. The molecule has 4 nitrogen and oxygen atoms in total. The second kappa shape index (κ2) is 5.25. The Kier molecular flexibility index (Phi) is 3.97. The molecule has 1 aliphatic heterocycles. The van der Waals surface area contributed by atoms with Crippen molar-refractivity contribution < 1.29 is 21.6 Å². The molecule has 1 heterocycles. The summed E-state index contributed by atoms with van der Waals surface area (Å²) in [4.78, 5) is 0.987. The lowest BCUT2D eigenvalue weighted by atomic mass is 10.2. The van der Waals surface area contributed by atoms with Crippen molar-refractivity contribution in [1.29, 1.82) is 0 Å². The van der Waals surface area contributed by atoms with Crippen LogP contribution in [0.4, 0.5) is 18.9 Å². The predicted octanol–water partition coefficient (Wildman–Crippen LogP) is 1.78. The molecule has 1 aliphatic rings. The van der Waals surface area contributed by atoms with Crippen LogP contribution in [0.1, 0.15) is 6.92 Å². The van der Waals surface area contributed by atoms with E-state index < -0.39 is 20.2 Å². The molecule has 1 N–H and O–H groups in total. The van der Waals surface area contributed by atoms with Gasteiger partial charge in [0.05, 0.1) is 10.6 Å². The maximum absolute atomic E-state index is 12.7. The van der Waals surface area contributed by atoms with Crippen molar-refractivity contribution in [3.05, 3.63) is 24.3 Å². The highest BCUT2D eigenvalue weighted by atomic mass is 32.2. The molecule has 0 bridgehead atoms. The average Bonchev–Trinajstić information content (AvgIpc) is 2.37. The molecule has 0 aliphatic carbocycles. The molecule has 0 saturated carbocycles. The number of anilines is 1. The lowest BCUT2D eigenvalue weighted by molar-refractivity contribution is -0.0435. The van der Waals surface area contributed by atoms with Gasteiger partial charge < -0.3 is 10.2 Å². The van der Waals surface area contributed by atoms with Gasteiger partial charge in [0.2, 0.25) is 0 Å². The van der Waals surface area contributed by atoms with Gasteiger partial charge in [0.15, 0.2) is 0 Å². The number of halogens is 3. The molecule has 2 rings (SSSR count). The smallest absolute Gasteiger partial charge is 0.368 e. The normalized spacial score (nSPS) is 21.0. The van der Waals surface area contributed by atoms with Gasteiger partial charge in [-0.15, -0.1) is 0 Å². The molecule has 1 aromatic carbocycles. The largest absolute Gasteiger partial charge is 0.501 e. The predicted molar refractivity (Wildman–Crippen MR) is 69.4 cm³/mol. The maximum atomic E-state index is 12.7. The van der Waals surface area contributed by atoms with Gasteiger partial charge in [-0.2, -0.15) is 13.2 Å². The van der Waals surface area contributed by atoms with Crippen LogP contribution in [0.15, 0.2) is 29.2 Å². The van der Waals surface area contributed by atoms with Gasteiger partial charge >= 0.3 is 5.51 Å². The van der Waals surface area contributed by atoms with E-state index in [2.05, 4.69) is 5.32 Å². The molecule has 0 radical (unpaired) electrons. The van der Waals surface area contributed by atoms with Gasteiger partial charge in [-0.05, 0) is 19.1 Å². The Morgan fingerprint density at radius 2 is 1.95 bits per heavy atom. The summed E-state index contributed by atoms with van der Waals surface area (Å²) in [7, 11) is -5.34. The zero-order chi connectivity index (χ0) is 15.0. The van der Waals surface area contributed by atoms with Crippen LogP contribution in [0, 0.1) is 0 Å². The van der Waals surface area contributed by atoms with Crippen molar-refractivity contribution >= 4 is 15.5 Å². The van der Waals surface area contributed by atoms with E-state index >= 15 is 0 Å². The van der Waals surface area contributed by atoms with Crippen molar-refractivity contribution in [1.82, 2.24) is 5.32 Å². The second-order valence-corrected chi connectivity index (χ2v) is 6.63. The number of piperazine rings is 1. The van der Waals surface area contributed by atoms with E-state index in [9.17, 15) is 21.6 Å². The van der Waals surface area contributed by atoms with Gasteiger partial charge in [0.1, 0.15) is 0 Å². The molecule has 1 unspecified atom stereocenters. The fourth-order valence-corrected chi connectivity index (χ4v) is 3.20. The molecule has 1 fully saturated rings. The number of para-hydroxylation sites is 1. The highest BCUT2D eigenvalue weighted by molar-refractivity contribution is 7.92. The number of nitrogens with zero attached hydrogens (tertiary/aromatic N) is 1. The highest BCUT2D eigenvalue weighted by Crippen LogP contribution is 2.35. The fraction of sp³-hybridized carbons (Fsp3) is 0.500. The third kappa shape index (κ3) is 2.76. The molecule has 0 aromatic heterocycles. The summed E-state index contributed by atoms with van der Waals surface area (Å²) in [5.74, 6) is 0. The van der Waals surface area contributed by atoms with Crippen LogP contribution in [0.25, 0.3) is 0 Å². The van der Waals surface area contributed by atoms with Crippen molar-refractivity contribution in [3.63, 3.8) is 0 Å². The first kappa shape index (κ1) is 15.1. The number of hydrogen-bond acceptors (Lipinski definition) is 4. The maximum Gasteiger partial charge on any atom is 0.501 e. The summed E-state index contributed by atoms with van der Waals surface area (Å²) < 4.78 is 61.4. The Morgan fingerprint density at radius 1 is 1.30 bits per heavy atom. The molecular formula is C12H15F3N2O2S. The monoisotopic (exact) mass is 308 g/mol. The molecular weight excluding hydrogens is 293 g/mol. The molecule has 1 saturated heterocycles. The second-order valence-electron chi connectivity index (χ2n) is 4.72. The number of rotatable bonds is 2. The van der Waals surface area contributed by atoms with E-state index in [1.807, 2.05) is 6.92 Å².